The topological polar surface area (TPSA) is 35.8 Å². The van der Waals surface area contributed by atoms with Gasteiger partial charge in [0.1, 0.15) is 0 Å². The molecule has 0 fully saturated rings. The molecule has 0 amide bonds. The summed E-state index contributed by atoms with van der Waals surface area (Å²) in [6.45, 7) is 2.31. The highest BCUT2D eigenvalue weighted by Gasteiger charge is 2.21. The zero-order valence-corrected chi connectivity index (χ0v) is 13.8. The number of halogens is 2. The second-order valence-corrected chi connectivity index (χ2v) is 6.53. The molecular formula is C16H22Cl2N2O. The van der Waals surface area contributed by atoms with Crippen molar-refractivity contribution < 1.29 is 5.11 Å². The molecule has 0 bridgehead atoms. The van der Waals surface area contributed by atoms with Gasteiger partial charge in [-0.3, -0.25) is 4.99 Å². The molecule has 5 heteroatoms. The van der Waals surface area contributed by atoms with Crippen LogP contribution in [0.2, 0.25) is 10.0 Å². The lowest BCUT2D eigenvalue weighted by Gasteiger charge is -2.27. The van der Waals surface area contributed by atoms with Crippen LogP contribution in [0.15, 0.2) is 23.2 Å². The highest BCUT2D eigenvalue weighted by Crippen LogP contribution is 2.23. The molecule has 1 aromatic rings. The number of likely N-dealkylation sites (N-methyl/N-ethyl adjacent to an activating group) is 1. The maximum atomic E-state index is 10.3. The van der Waals surface area contributed by atoms with Gasteiger partial charge in [-0.25, -0.2) is 0 Å². The van der Waals surface area contributed by atoms with Crippen LogP contribution in [0, 0.1) is 5.92 Å². The van der Waals surface area contributed by atoms with Crippen molar-refractivity contribution in [1.29, 1.82) is 0 Å². The van der Waals surface area contributed by atoms with E-state index in [2.05, 4.69) is 9.89 Å². The minimum absolute atomic E-state index is 0.294. The third-order valence-electron chi connectivity index (χ3n) is 3.94. The van der Waals surface area contributed by atoms with Crippen LogP contribution in [-0.4, -0.2) is 49.0 Å². The van der Waals surface area contributed by atoms with Crippen molar-refractivity contribution in [3.8, 4) is 0 Å². The molecule has 0 saturated carbocycles. The first-order valence-electron chi connectivity index (χ1n) is 7.35. The average molecular weight is 329 g/mol. The number of aliphatic imine (C=N–C) groups is 1. The van der Waals surface area contributed by atoms with Gasteiger partial charge in [0, 0.05) is 25.6 Å². The Morgan fingerprint density at radius 2 is 2.19 bits per heavy atom. The fourth-order valence-corrected chi connectivity index (χ4v) is 2.89. The number of nitrogens with zero attached hydrogens (tertiary/aromatic N) is 2. The van der Waals surface area contributed by atoms with Crippen molar-refractivity contribution >= 4 is 29.4 Å². The van der Waals surface area contributed by atoms with Gasteiger partial charge in [0.05, 0.1) is 16.1 Å². The monoisotopic (exact) mass is 328 g/mol. The van der Waals surface area contributed by atoms with Crippen LogP contribution in [0.25, 0.3) is 0 Å². The fourth-order valence-electron chi connectivity index (χ4n) is 2.57. The molecular weight excluding hydrogens is 307 g/mol. The third-order valence-corrected chi connectivity index (χ3v) is 4.68. The maximum absolute atomic E-state index is 10.3. The van der Waals surface area contributed by atoms with E-state index in [-0.39, 0.29) is 6.10 Å². The molecule has 3 nitrogen and oxygen atoms in total. The Kier molecular flexibility index (Phi) is 6.49. The predicted octanol–water partition coefficient (Wildman–Crippen LogP) is 3.31. The number of hydrogen-bond acceptors (Lipinski definition) is 3. The van der Waals surface area contributed by atoms with E-state index >= 15 is 0 Å². The largest absolute Gasteiger partial charge is 0.391 e. The number of hydrogen-bond donors (Lipinski definition) is 1. The molecule has 2 atom stereocenters. The van der Waals surface area contributed by atoms with E-state index in [4.69, 9.17) is 23.2 Å². The van der Waals surface area contributed by atoms with Gasteiger partial charge in [-0.1, -0.05) is 29.3 Å². The van der Waals surface area contributed by atoms with Crippen LogP contribution in [0.3, 0.4) is 0 Å². The van der Waals surface area contributed by atoms with Crippen LogP contribution in [0.4, 0.5) is 0 Å². The lowest BCUT2D eigenvalue weighted by Crippen LogP contribution is -2.37. The molecule has 1 heterocycles. The Balaban J connectivity index is 1.77. The molecule has 2 rings (SSSR count). The van der Waals surface area contributed by atoms with Gasteiger partial charge < -0.3 is 10.0 Å². The van der Waals surface area contributed by atoms with Crippen molar-refractivity contribution in [1.82, 2.24) is 4.90 Å². The zero-order chi connectivity index (χ0) is 15.2. The Hall–Kier alpha value is -0.610. The summed E-state index contributed by atoms with van der Waals surface area (Å²) in [6.07, 6.45) is 4.56. The molecule has 0 saturated heterocycles. The minimum atomic E-state index is -0.304. The van der Waals surface area contributed by atoms with Crippen LogP contribution in [0.1, 0.15) is 18.4 Å². The lowest BCUT2D eigenvalue weighted by atomic mass is 9.95. The number of aliphatic hydroxyl groups is 1. The standard InChI is InChI=1S/C16H22Cl2N2O/c1-20(11-16(21)13-3-2-7-19-10-13)8-6-12-4-5-14(17)15(18)9-12/h4-5,7,9,13,16,21H,2-3,6,8,10-11H2,1H3. The maximum Gasteiger partial charge on any atom is 0.0712 e. The third kappa shape index (κ3) is 5.26. The summed E-state index contributed by atoms with van der Waals surface area (Å²) in [5.41, 5.74) is 1.16. The summed E-state index contributed by atoms with van der Waals surface area (Å²) in [5, 5.41) is 11.4. The summed E-state index contributed by atoms with van der Waals surface area (Å²) >= 11 is 11.9. The van der Waals surface area contributed by atoms with Crippen LogP contribution >= 0.6 is 23.2 Å². The highest BCUT2D eigenvalue weighted by molar-refractivity contribution is 6.42. The van der Waals surface area contributed by atoms with Crippen molar-refractivity contribution in [2.24, 2.45) is 10.9 Å². The van der Waals surface area contributed by atoms with E-state index in [0.29, 0.717) is 22.5 Å². The molecule has 21 heavy (non-hydrogen) atoms. The van der Waals surface area contributed by atoms with Crippen molar-refractivity contribution in [2.45, 2.75) is 25.4 Å². The number of rotatable bonds is 6. The molecule has 116 valence electrons. The normalized spacial score (nSPS) is 20.0. The summed E-state index contributed by atoms with van der Waals surface area (Å²) in [7, 11) is 2.03. The summed E-state index contributed by atoms with van der Waals surface area (Å²) in [6, 6.07) is 5.73. The second kappa shape index (κ2) is 8.14. The minimum Gasteiger partial charge on any atom is -0.391 e. The molecule has 0 radical (unpaired) electrons. The summed E-state index contributed by atoms with van der Waals surface area (Å²) in [4.78, 5) is 6.43. The Morgan fingerprint density at radius 3 is 2.86 bits per heavy atom. The van der Waals surface area contributed by atoms with Crippen molar-refractivity contribution in [2.75, 3.05) is 26.7 Å². The van der Waals surface area contributed by atoms with Gasteiger partial charge in [-0.05, 0) is 50.2 Å². The molecule has 1 N–H and O–H groups in total. The van der Waals surface area contributed by atoms with Crippen molar-refractivity contribution in [3.63, 3.8) is 0 Å². The SMILES string of the molecule is CN(CCc1ccc(Cl)c(Cl)c1)CC(O)C1CCC=NC1. The van der Waals surface area contributed by atoms with Crippen LogP contribution in [0.5, 0.6) is 0 Å². The van der Waals surface area contributed by atoms with E-state index in [1.807, 2.05) is 31.5 Å². The lowest BCUT2D eigenvalue weighted by molar-refractivity contribution is 0.0717. The van der Waals surface area contributed by atoms with Gasteiger partial charge in [0.25, 0.3) is 0 Å². The van der Waals surface area contributed by atoms with Gasteiger partial charge in [0.2, 0.25) is 0 Å². The summed E-state index contributed by atoms with van der Waals surface area (Å²) in [5.74, 6) is 0.294. The Labute approximate surface area is 136 Å². The summed E-state index contributed by atoms with van der Waals surface area (Å²) < 4.78 is 0. The van der Waals surface area contributed by atoms with E-state index in [0.717, 1.165) is 37.9 Å². The number of benzene rings is 1. The van der Waals surface area contributed by atoms with Gasteiger partial charge in [-0.15, -0.1) is 0 Å². The first-order chi connectivity index (χ1) is 10.1. The molecule has 2 unspecified atom stereocenters. The van der Waals surface area contributed by atoms with E-state index in [1.54, 1.807) is 0 Å². The van der Waals surface area contributed by atoms with Crippen molar-refractivity contribution in [3.05, 3.63) is 33.8 Å². The predicted molar refractivity (Wildman–Crippen MR) is 89.8 cm³/mol. The molecule has 1 aromatic carbocycles. The molecule has 0 aromatic heterocycles. The quantitative estimate of drug-likeness (QED) is 0.869. The average Bonchev–Trinajstić information content (AvgIpc) is 2.49. The first-order valence-corrected chi connectivity index (χ1v) is 8.10. The number of aliphatic hydroxyl groups excluding tert-OH is 1. The van der Waals surface area contributed by atoms with Gasteiger partial charge in [-0.2, -0.15) is 0 Å². The van der Waals surface area contributed by atoms with E-state index in [1.165, 1.54) is 0 Å². The Bertz CT molecular complexity index is 493. The van der Waals surface area contributed by atoms with Gasteiger partial charge in [0.15, 0.2) is 0 Å². The molecule has 0 aliphatic carbocycles. The van der Waals surface area contributed by atoms with Crippen LogP contribution < -0.4 is 0 Å². The van der Waals surface area contributed by atoms with Gasteiger partial charge >= 0.3 is 0 Å². The van der Waals surface area contributed by atoms with E-state index in [9.17, 15) is 5.11 Å². The molecule has 0 spiro atoms. The first kappa shape index (κ1) is 16.8. The zero-order valence-electron chi connectivity index (χ0n) is 12.3. The molecule has 1 aliphatic rings. The highest BCUT2D eigenvalue weighted by atomic mass is 35.5. The molecule has 1 aliphatic heterocycles. The van der Waals surface area contributed by atoms with Crippen LogP contribution in [-0.2, 0) is 6.42 Å². The second-order valence-electron chi connectivity index (χ2n) is 5.71. The fraction of sp³-hybridized carbons (Fsp3) is 0.562. The van der Waals surface area contributed by atoms with E-state index < -0.39 is 0 Å². The Morgan fingerprint density at radius 1 is 1.38 bits per heavy atom. The smallest absolute Gasteiger partial charge is 0.0712 e.